The zero-order valence-electron chi connectivity index (χ0n) is 8.22. The molecule has 1 N–H and O–H groups in total. The number of hydrogen-bond acceptors (Lipinski definition) is 2. The van der Waals surface area contributed by atoms with Gasteiger partial charge in [0.25, 0.3) is 0 Å². The average molecular weight is 211 g/mol. The first kappa shape index (κ1) is 9.99. The summed E-state index contributed by atoms with van der Waals surface area (Å²) in [4.78, 5) is 0.837. The van der Waals surface area contributed by atoms with Gasteiger partial charge in [-0.15, -0.1) is 11.8 Å². The third-order valence-electron chi connectivity index (χ3n) is 2.60. The number of hydrogen-bond donors (Lipinski definition) is 1. The maximum atomic E-state index is 13.5. The summed E-state index contributed by atoms with van der Waals surface area (Å²) in [6, 6.07) is 5.68. The molecule has 1 aromatic rings. The monoisotopic (exact) mass is 211 g/mol. The van der Waals surface area contributed by atoms with Crippen LogP contribution in [0.25, 0.3) is 0 Å². The zero-order valence-corrected chi connectivity index (χ0v) is 9.03. The maximum absolute atomic E-state index is 13.5. The van der Waals surface area contributed by atoms with Gasteiger partial charge in [-0.3, -0.25) is 0 Å². The van der Waals surface area contributed by atoms with Crippen LogP contribution in [0.4, 0.5) is 4.39 Å². The van der Waals surface area contributed by atoms with Crippen molar-refractivity contribution in [1.82, 2.24) is 5.32 Å². The van der Waals surface area contributed by atoms with Crippen LogP contribution in [-0.2, 0) is 0 Å². The van der Waals surface area contributed by atoms with Gasteiger partial charge in [0, 0.05) is 10.9 Å². The highest BCUT2D eigenvalue weighted by Crippen LogP contribution is 2.35. The second kappa shape index (κ2) is 4.32. The second-order valence-electron chi connectivity index (χ2n) is 3.49. The summed E-state index contributed by atoms with van der Waals surface area (Å²) in [5.74, 6) is 0.946. The minimum atomic E-state index is -0.0744. The van der Waals surface area contributed by atoms with Crippen molar-refractivity contribution in [1.29, 1.82) is 0 Å². The van der Waals surface area contributed by atoms with E-state index in [1.807, 2.05) is 13.1 Å². The number of fused-ring (bicyclic) bond motifs is 1. The van der Waals surface area contributed by atoms with Gasteiger partial charge in [0.1, 0.15) is 5.82 Å². The molecule has 2 rings (SSSR count). The number of halogens is 1. The van der Waals surface area contributed by atoms with Crippen LogP contribution in [0.15, 0.2) is 23.1 Å². The molecule has 0 spiro atoms. The van der Waals surface area contributed by atoms with Crippen LogP contribution in [0, 0.1) is 5.82 Å². The first-order valence-corrected chi connectivity index (χ1v) is 5.90. The Morgan fingerprint density at radius 1 is 1.50 bits per heavy atom. The Morgan fingerprint density at radius 2 is 2.36 bits per heavy atom. The van der Waals surface area contributed by atoms with Crippen LogP contribution in [0.1, 0.15) is 24.4 Å². The molecule has 0 saturated carbocycles. The van der Waals surface area contributed by atoms with Crippen molar-refractivity contribution in [3.63, 3.8) is 0 Å². The van der Waals surface area contributed by atoms with Gasteiger partial charge in [-0.25, -0.2) is 4.39 Å². The Kier molecular flexibility index (Phi) is 3.08. The van der Waals surface area contributed by atoms with Gasteiger partial charge in [0.2, 0.25) is 0 Å². The summed E-state index contributed by atoms with van der Waals surface area (Å²) >= 11 is 1.64. The van der Waals surface area contributed by atoms with Crippen LogP contribution in [0.2, 0.25) is 0 Å². The van der Waals surface area contributed by atoms with Crippen molar-refractivity contribution in [3.05, 3.63) is 29.6 Å². The van der Waals surface area contributed by atoms with Crippen LogP contribution in [-0.4, -0.2) is 12.8 Å². The van der Waals surface area contributed by atoms with E-state index in [1.165, 1.54) is 0 Å². The molecule has 1 aromatic carbocycles. The summed E-state index contributed by atoms with van der Waals surface area (Å²) in [7, 11) is 1.94. The van der Waals surface area contributed by atoms with E-state index in [1.54, 1.807) is 23.9 Å². The lowest BCUT2D eigenvalue weighted by molar-refractivity contribution is 0.527. The van der Waals surface area contributed by atoms with E-state index in [2.05, 4.69) is 5.32 Å². The highest BCUT2D eigenvalue weighted by Gasteiger charge is 2.19. The quantitative estimate of drug-likeness (QED) is 0.766. The summed E-state index contributed by atoms with van der Waals surface area (Å²) < 4.78 is 13.5. The van der Waals surface area contributed by atoms with E-state index >= 15 is 0 Å². The van der Waals surface area contributed by atoms with Gasteiger partial charge in [0.05, 0.1) is 0 Å². The normalized spacial score (nSPS) is 21.4. The summed E-state index contributed by atoms with van der Waals surface area (Å²) in [5, 5.41) is 3.25. The topological polar surface area (TPSA) is 12.0 Å². The molecule has 3 heteroatoms. The highest BCUT2D eigenvalue weighted by atomic mass is 32.2. The lowest BCUT2D eigenvalue weighted by Crippen LogP contribution is -2.16. The third kappa shape index (κ3) is 1.79. The predicted molar refractivity (Wildman–Crippen MR) is 58.2 cm³/mol. The molecule has 0 bridgehead atoms. The lowest BCUT2D eigenvalue weighted by Gasteiger charge is -2.16. The fraction of sp³-hybridized carbons (Fsp3) is 0.455. The van der Waals surface area contributed by atoms with E-state index in [-0.39, 0.29) is 5.82 Å². The van der Waals surface area contributed by atoms with Gasteiger partial charge in [-0.1, -0.05) is 12.1 Å². The number of rotatable bonds is 1. The van der Waals surface area contributed by atoms with Crippen molar-refractivity contribution >= 4 is 11.8 Å². The van der Waals surface area contributed by atoms with Crippen LogP contribution < -0.4 is 5.32 Å². The molecule has 1 aliphatic rings. The molecule has 0 saturated heterocycles. The average Bonchev–Trinajstić information content (AvgIpc) is 2.40. The first-order valence-electron chi connectivity index (χ1n) is 4.91. The minimum Gasteiger partial charge on any atom is -0.313 e. The Labute approximate surface area is 88.1 Å². The predicted octanol–water partition coefficient (Wildman–Crippen LogP) is 2.97. The SMILES string of the molecule is CNC1CCCSc2c(F)cccc21. The van der Waals surface area contributed by atoms with Crippen LogP contribution in [0.5, 0.6) is 0 Å². The summed E-state index contributed by atoms with van der Waals surface area (Å²) in [6.07, 6.45) is 2.24. The molecule has 0 aromatic heterocycles. The molecule has 0 aliphatic carbocycles. The molecule has 1 unspecified atom stereocenters. The van der Waals surface area contributed by atoms with Crippen molar-refractivity contribution < 1.29 is 4.39 Å². The largest absolute Gasteiger partial charge is 0.313 e. The molecular formula is C11H14FNS. The van der Waals surface area contributed by atoms with Crippen molar-refractivity contribution in [2.24, 2.45) is 0 Å². The Morgan fingerprint density at radius 3 is 3.14 bits per heavy atom. The molecule has 1 atom stereocenters. The number of nitrogens with one attached hydrogen (secondary N) is 1. The van der Waals surface area contributed by atoms with Gasteiger partial charge >= 0.3 is 0 Å². The summed E-state index contributed by atoms with van der Waals surface area (Å²) in [6.45, 7) is 0. The fourth-order valence-electron chi connectivity index (χ4n) is 1.87. The molecule has 0 amide bonds. The first-order chi connectivity index (χ1) is 6.83. The Hall–Kier alpha value is -0.540. The minimum absolute atomic E-state index is 0.0744. The van der Waals surface area contributed by atoms with Crippen LogP contribution >= 0.6 is 11.8 Å². The molecule has 76 valence electrons. The van der Waals surface area contributed by atoms with Gasteiger partial charge in [-0.2, -0.15) is 0 Å². The summed E-state index contributed by atoms with van der Waals surface area (Å²) in [5.41, 5.74) is 1.12. The molecule has 14 heavy (non-hydrogen) atoms. The molecular weight excluding hydrogens is 197 g/mol. The third-order valence-corrected chi connectivity index (χ3v) is 3.82. The number of benzene rings is 1. The molecule has 1 heterocycles. The van der Waals surface area contributed by atoms with E-state index < -0.39 is 0 Å². The smallest absolute Gasteiger partial charge is 0.137 e. The van der Waals surface area contributed by atoms with Crippen molar-refractivity contribution in [3.8, 4) is 0 Å². The van der Waals surface area contributed by atoms with E-state index in [9.17, 15) is 4.39 Å². The Bertz CT molecular complexity index is 327. The van der Waals surface area contributed by atoms with Crippen LogP contribution in [0.3, 0.4) is 0 Å². The van der Waals surface area contributed by atoms with Crippen molar-refractivity contribution in [2.75, 3.05) is 12.8 Å². The standard InChI is InChI=1S/C11H14FNS/c1-13-10-6-3-7-14-11-8(10)4-2-5-9(11)12/h2,4-5,10,13H,3,6-7H2,1H3. The highest BCUT2D eigenvalue weighted by molar-refractivity contribution is 7.99. The molecule has 0 radical (unpaired) electrons. The molecule has 1 nitrogen and oxygen atoms in total. The van der Waals surface area contributed by atoms with E-state index in [0.717, 1.165) is 29.1 Å². The zero-order chi connectivity index (χ0) is 9.97. The fourth-order valence-corrected chi connectivity index (χ4v) is 2.97. The van der Waals surface area contributed by atoms with Gasteiger partial charge in [-0.05, 0) is 37.3 Å². The molecule has 1 aliphatic heterocycles. The van der Waals surface area contributed by atoms with Gasteiger partial charge in [0.15, 0.2) is 0 Å². The lowest BCUT2D eigenvalue weighted by atomic mass is 10.0. The van der Waals surface area contributed by atoms with Crippen molar-refractivity contribution in [2.45, 2.75) is 23.8 Å². The molecule has 0 fully saturated rings. The van der Waals surface area contributed by atoms with Gasteiger partial charge < -0.3 is 5.32 Å². The Balaban J connectivity index is 2.44. The number of thioether (sulfide) groups is 1. The van der Waals surface area contributed by atoms with E-state index in [0.29, 0.717) is 6.04 Å². The second-order valence-corrected chi connectivity index (χ2v) is 4.60. The maximum Gasteiger partial charge on any atom is 0.137 e. The van der Waals surface area contributed by atoms with E-state index in [4.69, 9.17) is 0 Å².